The minimum absolute atomic E-state index is 0.377. The highest BCUT2D eigenvalue weighted by Gasteiger charge is 2.18. The average molecular weight is 253 g/mol. The first-order chi connectivity index (χ1) is 8.31. The summed E-state index contributed by atoms with van der Waals surface area (Å²) in [6.07, 6.45) is 11.0. The third-order valence-corrected chi connectivity index (χ3v) is 5.04. The van der Waals surface area contributed by atoms with Crippen LogP contribution in [-0.4, -0.2) is 27.6 Å². The van der Waals surface area contributed by atoms with Crippen molar-refractivity contribution in [1.29, 1.82) is 0 Å². The monoisotopic (exact) mass is 253 g/mol. The summed E-state index contributed by atoms with van der Waals surface area (Å²) in [6.45, 7) is 0. The summed E-state index contributed by atoms with van der Waals surface area (Å²) >= 11 is 2.12. The summed E-state index contributed by atoms with van der Waals surface area (Å²) in [6, 6.07) is 0.377. The number of aryl methyl sites for hydroxylation is 1. The van der Waals surface area contributed by atoms with Gasteiger partial charge in [0.25, 0.3) is 0 Å². The second kappa shape index (κ2) is 6.45. The zero-order valence-corrected chi connectivity index (χ0v) is 11.7. The summed E-state index contributed by atoms with van der Waals surface area (Å²) in [5.41, 5.74) is 0. The van der Waals surface area contributed by atoms with Crippen LogP contribution in [0.25, 0.3) is 0 Å². The Balaban J connectivity index is 1.85. The molecule has 96 valence electrons. The van der Waals surface area contributed by atoms with Crippen molar-refractivity contribution >= 4 is 11.8 Å². The highest BCUT2D eigenvalue weighted by atomic mass is 32.2. The van der Waals surface area contributed by atoms with Crippen LogP contribution in [0, 0.1) is 0 Å². The number of imidazole rings is 1. The van der Waals surface area contributed by atoms with Gasteiger partial charge in [0, 0.05) is 30.4 Å². The number of rotatable bonds is 5. The van der Waals surface area contributed by atoms with Crippen molar-refractivity contribution in [2.75, 3.05) is 12.8 Å². The molecular weight excluding hydrogens is 230 g/mol. The lowest BCUT2D eigenvalue weighted by Crippen LogP contribution is -2.23. The molecule has 4 heteroatoms. The van der Waals surface area contributed by atoms with E-state index in [-0.39, 0.29) is 0 Å². The molecule has 1 aromatic rings. The topological polar surface area (TPSA) is 29.9 Å². The molecule has 0 bridgehead atoms. The quantitative estimate of drug-likeness (QED) is 0.875. The van der Waals surface area contributed by atoms with Gasteiger partial charge in [-0.25, -0.2) is 4.98 Å². The number of thioether (sulfide) groups is 1. The number of hydrogen-bond donors (Lipinski definition) is 1. The van der Waals surface area contributed by atoms with E-state index < -0.39 is 0 Å². The summed E-state index contributed by atoms with van der Waals surface area (Å²) in [7, 11) is 4.10. The molecule has 0 aromatic carbocycles. The molecule has 17 heavy (non-hydrogen) atoms. The van der Waals surface area contributed by atoms with Gasteiger partial charge < -0.3 is 9.88 Å². The highest BCUT2D eigenvalue weighted by molar-refractivity contribution is 7.99. The molecule has 1 aliphatic rings. The van der Waals surface area contributed by atoms with Crippen LogP contribution in [0.4, 0.5) is 0 Å². The standard InChI is InChI=1S/C13H23N3S/c1-14-12(13-15-8-9-16(13)2)10-17-11-6-4-3-5-7-11/h8-9,11-12,14H,3-7,10H2,1-2H3. The Morgan fingerprint density at radius 1 is 1.47 bits per heavy atom. The van der Waals surface area contributed by atoms with Crippen molar-refractivity contribution in [3.05, 3.63) is 18.2 Å². The minimum atomic E-state index is 0.377. The molecule has 3 nitrogen and oxygen atoms in total. The lowest BCUT2D eigenvalue weighted by molar-refractivity contribution is 0.513. The average Bonchev–Trinajstić information content (AvgIpc) is 2.78. The maximum Gasteiger partial charge on any atom is 0.126 e. The number of nitrogens with zero attached hydrogens (tertiary/aromatic N) is 2. The van der Waals surface area contributed by atoms with Crippen molar-refractivity contribution in [2.24, 2.45) is 7.05 Å². The molecule has 1 fully saturated rings. The van der Waals surface area contributed by atoms with Gasteiger partial charge in [-0.05, 0) is 19.9 Å². The molecule has 1 saturated carbocycles. The van der Waals surface area contributed by atoms with E-state index in [1.54, 1.807) is 0 Å². The van der Waals surface area contributed by atoms with Crippen LogP contribution >= 0.6 is 11.8 Å². The lowest BCUT2D eigenvalue weighted by atomic mass is 10.0. The molecule has 0 radical (unpaired) electrons. The summed E-state index contributed by atoms with van der Waals surface area (Å²) in [4.78, 5) is 4.44. The first kappa shape index (κ1) is 13.0. The fourth-order valence-corrected chi connectivity index (χ4v) is 3.91. The van der Waals surface area contributed by atoms with Crippen LogP contribution in [0.15, 0.2) is 12.4 Å². The predicted octanol–water partition coefficient (Wildman–Crippen LogP) is 2.75. The molecule has 2 rings (SSSR count). The van der Waals surface area contributed by atoms with Gasteiger partial charge in [-0.1, -0.05) is 19.3 Å². The van der Waals surface area contributed by atoms with E-state index in [9.17, 15) is 0 Å². The predicted molar refractivity (Wildman–Crippen MR) is 74.3 cm³/mol. The fourth-order valence-electron chi connectivity index (χ4n) is 2.46. The Kier molecular flexibility index (Phi) is 4.92. The van der Waals surface area contributed by atoms with Gasteiger partial charge in [0.05, 0.1) is 6.04 Å². The first-order valence-corrected chi connectivity index (χ1v) is 7.62. The van der Waals surface area contributed by atoms with E-state index in [2.05, 4.69) is 33.7 Å². The Labute approximate surface area is 108 Å². The number of aromatic nitrogens is 2. The van der Waals surface area contributed by atoms with Crippen molar-refractivity contribution in [2.45, 2.75) is 43.4 Å². The summed E-state index contributed by atoms with van der Waals surface area (Å²) in [5.74, 6) is 2.28. The smallest absolute Gasteiger partial charge is 0.126 e. The van der Waals surface area contributed by atoms with Gasteiger partial charge in [-0.15, -0.1) is 0 Å². The molecule has 0 spiro atoms. The lowest BCUT2D eigenvalue weighted by Gasteiger charge is -2.23. The van der Waals surface area contributed by atoms with E-state index in [0.29, 0.717) is 6.04 Å². The molecular formula is C13H23N3S. The van der Waals surface area contributed by atoms with E-state index in [4.69, 9.17) is 0 Å². The van der Waals surface area contributed by atoms with Gasteiger partial charge in [0.15, 0.2) is 0 Å². The number of nitrogens with one attached hydrogen (secondary N) is 1. The maximum atomic E-state index is 4.44. The Morgan fingerprint density at radius 3 is 2.82 bits per heavy atom. The molecule has 0 saturated heterocycles. The van der Waals surface area contributed by atoms with Gasteiger partial charge in [-0.2, -0.15) is 11.8 Å². The molecule has 0 amide bonds. The molecule has 1 heterocycles. The molecule has 1 atom stereocenters. The number of hydrogen-bond acceptors (Lipinski definition) is 3. The Hall–Kier alpha value is -0.480. The molecule has 1 N–H and O–H groups in total. The normalized spacial score (nSPS) is 19.4. The van der Waals surface area contributed by atoms with E-state index in [0.717, 1.165) is 16.8 Å². The van der Waals surface area contributed by atoms with Crippen LogP contribution in [0.2, 0.25) is 0 Å². The zero-order valence-electron chi connectivity index (χ0n) is 10.9. The Bertz CT molecular complexity index is 331. The molecule has 1 aromatic heterocycles. The maximum absolute atomic E-state index is 4.44. The van der Waals surface area contributed by atoms with E-state index >= 15 is 0 Å². The van der Waals surface area contributed by atoms with Crippen LogP contribution < -0.4 is 5.32 Å². The van der Waals surface area contributed by atoms with Gasteiger partial charge >= 0.3 is 0 Å². The fraction of sp³-hybridized carbons (Fsp3) is 0.769. The molecule has 0 aliphatic heterocycles. The second-order valence-electron chi connectivity index (χ2n) is 4.83. The first-order valence-electron chi connectivity index (χ1n) is 6.57. The van der Waals surface area contributed by atoms with Crippen LogP contribution in [0.5, 0.6) is 0 Å². The van der Waals surface area contributed by atoms with Gasteiger partial charge in [0.2, 0.25) is 0 Å². The third-order valence-electron chi connectivity index (χ3n) is 3.57. The summed E-state index contributed by atoms with van der Waals surface area (Å²) < 4.78 is 2.11. The molecule has 1 unspecified atom stereocenters. The van der Waals surface area contributed by atoms with Crippen molar-refractivity contribution in [3.63, 3.8) is 0 Å². The Morgan fingerprint density at radius 2 is 2.24 bits per heavy atom. The van der Waals surface area contributed by atoms with Gasteiger partial charge in [-0.3, -0.25) is 0 Å². The van der Waals surface area contributed by atoms with E-state index in [1.807, 2.05) is 19.4 Å². The van der Waals surface area contributed by atoms with Crippen molar-refractivity contribution < 1.29 is 0 Å². The second-order valence-corrected chi connectivity index (χ2v) is 6.16. The third kappa shape index (κ3) is 3.49. The largest absolute Gasteiger partial charge is 0.337 e. The van der Waals surface area contributed by atoms with E-state index in [1.165, 1.54) is 32.1 Å². The SMILES string of the molecule is CNC(CSC1CCCCC1)c1nccn1C. The molecule has 1 aliphatic carbocycles. The van der Waals surface area contributed by atoms with Crippen molar-refractivity contribution in [1.82, 2.24) is 14.9 Å². The minimum Gasteiger partial charge on any atom is -0.337 e. The zero-order chi connectivity index (χ0) is 12.1. The van der Waals surface area contributed by atoms with Crippen LogP contribution in [0.1, 0.15) is 44.0 Å². The summed E-state index contributed by atoms with van der Waals surface area (Å²) in [5, 5.41) is 4.26. The van der Waals surface area contributed by atoms with Crippen LogP contribution in [-0.2, 0) is 7.05 Å². The van der Waals surface area contributed by atoms with Crippen LogP contribution in [0.3, 0.4) is 0 Å². The van der Waals surface area contributed by atoms with Gasteiger partial charge in [0.1, 0.15) is 5.82 Å². The van der Waals surface area contributed by atoms with Crippen molar-refractivity contribution in [3.8, 4) is 0 Å². The highest BCUT2D eigenvalue weighted by Crippen LogP contribution is 2.30.